The summed E-state index contributed by atoms with van der Waals surface area (Å²) in [4.78, 5) is 0. The molecule has 0 spiro atoms. The minimum atomic E-state index is -0.272. The van der Waals surface area contributed by atoms with Crippen LogP contribution in [0.5, 0.6) is 0 Å². The molecule has 0 fully saturated rings. The van der Waals surface area contributed by atoms with Crippen molar-refractivity contribution in [1.82, 2.24) is 9.78 Å². The number of halogens is 3. The third-order valence-corrected chi connectivity index (χ3v) is 4.46. The van der Waals surface area contributed by atoms with E-state index < -0.39 is 0 Å². The van der Waals surface area contributed by atoms with E-state index >= 15 is 0 Å². The molecule has 1 aromatic heterocycles. The van der Waals surface area contributed by atoms with Crippen LogP contribution in [0.15, 0.2) is 42.5 Å². The predicted octanol–water partition coefficient (Wildman–Crippen LogP) is 4.95. The van der Waals surface area contributed by atoms with Crippen LogP contribution in [0.3, 0.4) is 0 Å². The van der Waals surface area contributed by atoms with Crippen molar-refractivity contribution in [3.63, 3.8) is 0 Å². The van der Waals surface area contributed by atoms with Gasteiger partial charge in [-0.15, -0.1) is 0 Å². The number of aromatic nitrogens is 2. The van der Waals surface area contributed by atoms with Gasteiger partial charge in [0, 0.05) is 22.7 Å². The molecule has 116 valence electrons. The van der Waals surface area contributed by atoms with Crippen LogP contribution in [0.2, 0.25) is 10.0 Å². The van der Waals surface area contributed by atoms with Crippen molar-refractivity contribution >= 4 is 29.0 Å². The van der Waals surface area contributed by atoms with Crippen molar-refractivity contribution in [3.8, 4) is 16.9 Å². The number of hydrogen-bond donors (Lipinski definition) is 1. The SMILES string of the molecule is Fc1ccc(-n2nc(-c3ccc(Cl)cc3Cl)c3c2NCC3)cc1. The van der Waals surface area contributed by atoms with Crippen LogP contribution in [0.1, 0.15) is 5.56 Å². The van der Waals surface area contributed by atoms with E-state index in [4.69, 9.17) is 28.3 Å². The molecule has 0 aliphatic carbocycles. The molecular formula is C17H12Cl2FN3. The first kappa shape index (κ1) is 14.5. The first-order chi connectivity index (χ1) is 11.1. The van der Waals surface area contributed by atoms with Crippen LogP contribution in [0, 0.1) is 5.82 Å². The predicted molar refractivity (Wildman–Crippen MR) is 91.2 cm³/mol. The second-order valence-corrected chi connectivity index (χ2v) is 6.21. The molecule has 0 atom stereocenters. The Morgan fingerprint density at radius 1 is 1.09 bits per heavy atom. The highest BCUT2D eigenvalue weighted by atomic mass is 35.5. The fourth-order valence-electron chi connectivity index (χ4n) is 2.84. The quantitative estimate of drug-likeness (QED) is 0.710. The van der Waals surface area contributed by atoms with Crippen LogP contribution in [0.25, 0.3) is 16.9 Å². The molecule has 1 aliphatic rings. The Morgan fingerprint density at radius 3 is 2.61 bits per heavy atom. The van der Waals surface area contributed by atoms with E-state index in [0.717, 1.165) is 41.3 Å². The largest absolute Gasteiger partial charge is 0.369 e. The van der Waals surface area contributed by atoms with E-state index in [1.807, 2.05) is 6.07 Å². The lowest BCUT2D eigenvalue weighted by atomic mass is 10.1. The lowest BCUT2D eigenvalue weighted by molar-refractivity contribution is 0.627. The molecule has 0 saturated heterocycles. The number of anilines is 1. The van der Waals surface area contributed by atoms with E-state index in [9.17, 15) is 4.39 Å². The minimum Gasteiger partial charge on any atom is -0.369 e. The van der Waals surface area contributed by atoms with Crippen molar-refractivity contribution in [2.75, 3.05) is 11.9 Å². The van der Waals surface area contributed by atoms with Crippen LogP contribution < -0.4 is 5.32 Å². The topological polar surface area (TPSA) is 29.9 Å². The maximum atomic E-state index is 13.2. The number of rotatable bonds is 2. The first-order valence-electron chi connectivity index (χ1n) is 7.20. The van der Waals surface area contributed by atoms with Gasteiger partial charge in [-0.1, -0.05) is 23.2 Å². The van der Waals surface area contributed by atoms with E-state index in [1.165, 1.54) is 12.1 Å². The lowest BCUT2D eigenvalue weighted by Crippen LogP contribution is -2.04. The van der Waals surface area contributed by atoms with Gasteiger partial charge in [0.25, 0.3) is 0 Å². The van der Waals surface area contributed by atoms with Crippen LogP contribution in [-0.2, 0) is 6.42 Å². The van der Waals surface area contributed by atoms with Gasteiger partial charge in [0.05, 0.1) is 16.4 Å². The summed E-state index contributed by atoms with van der Waals surface area (Å²) in [6, 6.07) is 11.6. The molecule has 2 heterocycles. The molecule has 23 heavy (non-hydrogen) atoms. The van der Waals surface area contributed by atoms with Gasteiger partial charge < -0.3 is 5.32 Å². The van der Waals surface area contributed by atoms with E-state index in [2.05, 4.69) is 5.32 Å². The lowest BCUT2D eigenvalue weighted by Gasteiger charge is -2.06. The van der Waals surface area contributed by atoms with Crippen LogP contribution in [0.4, 0.5) is 10.2 Å². The highest BCUT2D eigenvalue weighted by Gasteiger charge is 2.25. The Labute approximate surface area is 142 Å². The molecule has 2 aromatic carbocycles. The van der Waals surface area contributed by atoms with Crippen molar-refractivity contribution in [3.05, 3.63) is 63.9 Å². The molecule has 0 saturated carbocycles. The Kier molecular flexibility index (Phi) is 3.51. The highest BCUT2D eigenvalue weighted by Crippen LogP contribution is 2.38. The summed E-state index contributed by atoms with van der Waals surface area (Å²) in [5.74, 6) is 0.657. The molecule has 1 N–H and O–H groups in total. The normalized spacial score (nSPS) is 13.0. The molecule has 0 unspecified atom stereocenters. The van der Waals surface area contributed by atoms with Gasteiger partial charge in [-0.25, -0.2) is 9.07 Å². The number of nitrogens with one attached hydrogen (secondary N) is 1. The third kappa shape index (κ3) is 2.48. The van der Waals surface area contributed by atoms with Gasteiger partial charge in [-0.2, -0.15) is 5.10 Å². The van der Waals surface area contributed by atoms with Gasteiger partial charge in [-0.3, -0.25) is 0 Å². The maximum absolute atomic E-state index is 13.2. The Balaban J connectivity index is 1.89. The molecular weight excluding hydrogens is 336 g/mol. The zero-order valence-electron chi connectivity index (χ0n) is 12.0. The maximum Gasteiger partial charge on any atom is 0.133 e. The summed E-state index contributed by atoms with van der Waals surface area (Å²) < 4.78 is 15.0. The zero-order chi connectivity index (χ0) is 16.0. The van der Waals surface area contributed by atoms with Gasteiger partial charge in [-0.05, 0) is 48.9 Å². The smallest absolute Gasteiger partial charge is 0.133 e. The van der Waals surface area contributed by atoms with Crippen molar-refractivity contribution in [2.45, 2.75) is 6.42 Å². The number of hydrogen-bond acceptors (Lipinski definition) is 2. The fourth-order valence-corrected chi connectivity index (χ4v) is 3.34. The number of benzene rings is 2. The number of fused-ring (bicyclic) bond motifs is 1. The van der Waals surface area contributed by atoms with Crippen LogP contribution in [-0.4, -0.2) is 16.3 Å². The Bertz CT molecular complexity index is 888. The van der Waals surface area contributed by atoms with Gasteiger partial charge in [0.1, 0.15) is 11.6 Å². The summed E-state index contributed by atoms with van der Waals surface area (Å²) in [6.45, 7) is 0.840. The van der Waals surface area contributed by atoms with E-state index in [-0.39, 0.29) is 5.82 Å². The molecule has 0 bridgehead atoms. The van der Waals surface area contributed by atoms with Crippen molar-refractivity contribution in [2.24, 2.45) is 0 Å². The summed E-state index contributed by atoms with van der Waals surface area (Å²) in [5.41, 5.74) is 3.58. The molecule has 4 rings (SSSR count). The van der Waals surface area contributed by atoms with Crippen molar-refractivity contribution < 1.29 is 4.39 Å². The van der Waals surface area contributed by atoms with Gasteiger partial charge >= 0.3 is 0 Å². The first-order valence-corrected chi connectivity index (χ1v) is 7.96. The average Bonchev–Trinajstić information content (AvgIpc) is 3.11. The molecule has 1 aliphatic heterocycles. The molecule has 0 amide bonds. The monoisotopic (exact) mass is 347 g/mol. The van der Waals surface area contributed by atoms with Gasteiger partial charge in [0.15, 0.2) is 0 Å². The molecule has 6 heteroatoms. The summed E-state index contributed by atoms with van der Waals surface area (Å²) in [7, 11) is 0. The standard InChI is InChI=1S/C17H12Cl2FN3/c18-10-1-6-13(15(19)9-10)16-14-7-8-21-17(14)23(22-16)12-4-2-11(20)3-5-12/h1-6,9,21H,7-8H2. The Morgan fingerprint density at radius 2 is 1.87 bits per heavy atom. The Hall–Kier alpha value is -2.04. The summed E-state index contributed by atoms with van der Waals surface area (Å²) in [6.07, 6.45) is 0.866. The van der Waals surface area contributed by atoms with E-state index in [1.54, 1.807) is 28.9 Å². The van der Waals surface area contributed by atoms with E-state index in [0.29, 0.717) is 10.0 Å². The molecule has 0 radical (unpaired) electrons. The summed E-state index contributed by atoms with van der Waals surface area (Å²) in [5, 5.41) is 9.19. The highest BCUT2D eigenvalue weighted by molar-refractivity contribution is 6.36. The minimum absolute atomic E-state index is 0.272. The average molecular weight is 348 g/mol. The zero-order valence-corrected chi connectivity index (χ0v) is 13.5. The molecule has 3 nitrogen and oxygen atoms in total. The van der Waals surface area contributed by atoms with Crippen LogP contribution >= 0.6 is 23.2 Å². The summed E-state index contributed by atoms with van der Waals surface area (Å²) >= 11 is 12.3. The van der Waals surface area contributed by atoms with Crippen molar-refractivity contribution in [1.29, 1.82) is 0 Å². The number of nitrogens with zero attached hydrogens (tertiary/aromatic N) is 2. The van der Waals surface area contributed by atoms with Gasteiger partial charge in [0.2, 0.25) is 0 Å². The fraction of sp³-hybridized carbons (Fsp3) is 0.118. The second-order valence-electron chi connectivity index (χ2n) is 5.36. The third-order valence-electron chi connectivity index (χ3n) is 3.91. The molecule has 3 aromatic rings. The second kappa shape index (κ2) is 5.55.